The molecular weight excluding hydrogens is 436 g/mol. The molecule has 2 amide bonds. The van der Waals surface area contributed by atoms with Crippen LogP contribution < -0.4 is 5.32 Å². The van der Waals surface area contributed by atoms with Gasteiger partial charge in [-0.25, -0.2) is 9.59 Å². The molecule has 1 aromatic heterocycles. The molecule has 9 heteroatoms. The minimum Gasteiger partial charge on any atom is -0.480 e. The molecule has 1 aliphatic heterocycles. The number of aliphatic carboxylic acids is 1. The summed E-state index contributed by atoms with van der Waals surface area (Å²) >= 11 is 0. The number of hydrogen-bond donors (Lipinski definition) is 3. The number of hydrogen-bond acceptors (Lipinski definition) is 5. The molecule has 0 spiro atoms. The first-order valence-electron chi connectivity index (χ1n) is 11.1. The van der Waals surface area contributed by atoms with Gasteiger partial charge < -0.3 is 14.7 Å². The van der Waals surface area contributed by atoms with E-state index in [2.05, 4.69) is 27.6 Å². The zero-order valence-corrected chi connectivity index (χ0v) is 18.6. The van der Waals surface area contributed by atoms with E-state index in [1.54, 1.807) is 0 Å². The standard InChI is InChI=1S/C25H24N4O5/c1-25(23(31)32)11-6-12-29(25)22(30)20-13-21(28-27-20)26-24(33)34-14-19-17-9-4-2-7-15(17)16-8-3-5-10-18(16)19/h2-5,7-10,13,19H,6,11-12,14H2,1H3,(H,31,32)(H2,26,27,28,33)/t25-/m1/s1. The third kappa shape index (κ3) is 3.59. The summed E-state index contributed by atoms with van der Waals surface area (Å²) in [5.41, 5.74) is 3.33. The molecule has 9 nitrogen and oxygen atoms in total. The first-order chi connectivity index (χ1) is 16.4. The van der Waals surface area contributed by atoms with E-state index in [4.69, 9.17) is 4.74 Å². The number of fused-ring (bicyclic) bond motifs is 3. The van der Waals surface area contributed by atoms with Crippen LogP contribution in [0.5, 0.6) is 0 Å². The number of aromatic amines is 1. The number of carbonyl (C=O) groups excluding carboxylic acids is 2. The number of ether oxygens (including phenoxy) is 1. The number of aromatic nitrogens is 2. The largest absolute Gasteiger partial charge is 0.480 e. The zero-order chi connectivity index (χ0) is 23.9. The predicted octanol–water partition coefficient (Wildman–Crippen LogP) is 3.85. The third-order valence-electron chi connectivity index (χ3n) is 6.73. The van der Waals surface area contributed by atoms with Crippen LogP contribution >= 0.6 is 0 Å². The minimum atomic E-state index is -1.26. The number of carboxylic acid groups (broad SMARTS) is 1. The van der Waals surface area contributed by atoms with E-state index in [-0.39, 0.29) is 24.0 Å². The van der Waals surface area contributed by atoms with Gasteiger partial charge in [-0.2, -0.15) is 5.10 Å². The van der Waals surface area contributed by atoms with Gasteiger partial charge in [-0.15, -0.1) is 0 Å². The number of benzene rings is 2. The molecule has 1 fully saturated rings. The summed E-state index contributed by atoms with van der Waals surface area (Å²) in [6.45, 7) is 2.03. The van der Waals surface area contributed by atoms with Gasteiger partial charge in [0.05, 0.1) is 0 Å². The average molecular weight is 460 g/mol. The number of carbonyl (C=O) groups is 3. The lowest BCUT2D eigenvalue weighted by Gasteiger charge is -2.30. The molecule has 1 saturated heterocycles. The molecule has 2 heterocycles. The summed E-state index contributed by atoms with van der Waals surface area (Å²) < 4.78 is 5.50. The number of H-pyrrole nitrogens is 1. The topological polar surface area (TPSA) is 125 Å². The van der Waals surface area contributed by atoms with E-state index in [0.717, 1.165) is 22.3 Å². The summed E-state index contributed by atoms with van der Waals surface area (Å²) in [6, 6.07) is 17.5. The Kier molecular flexibility index (Phi) is 5.31. The van der Waals surface area contributed by atoms with Gasteiger partial charge in [-0.1, -0.05) is 48.5 Å². The maximum atomic E-state index is 12.8. The lowest BCUT2D eigenvalue weighted by molar-refractivity contribution is -0.147. The van der Waals surface area contributed by atoms with Crippen LogP contribution in [0.15, 0.2) is 54.6 Å². The van der Waals surface area contributed by atoms with Crippen molar-refractivity contribution in [2.24, 2.45) is 0 Å². The maximum Gasteiger partial charge on any atom is 0.412 e. The molecule has 0 bridgehead atoms. The normalized spacial score (nSPS) is 18.9. The van der Waals surface area contributed by atoms with Gasteiger partial charge in [0.15, 0.2) is 5.82 Å². The molecule has 0 saturated carbocycles. The van der Waals surface area contributed by atoms with Crippen LogP contribution in [0.25, 0.3) is 11.1 Å². The number of likely N-dealkylation sites (tertiary alicyclic amines) is 1. The fourth-order valence-electron chi connectivity index (χ4n) is 4.89. The highest BCUT2D eigenvalue weighted by molar-refractivity contribution is 5.98. The molecule has 3 aromatic rings. The van der Waals surface area contributed by atoms with E-state index >= 15 is 0 Å². The highest BCUT2D eigenvalue weighted by Crippen LogP contribution is 2.44. The Morgan fingerprint density at radius 1 is 1.15 bits per heavy atom. The monoisotopic (exact) mass is 460 g/mol. The van der Waals surface area contributed by atoms with Gasteiger partial charge in [0.2, 0.25) is 0 Å². The molecule has 2 aromatic carbocycles. The van der Waals surface area contributed by atoms with Crippen molar-refractivity contribution in [2.75, 3.05) is 18.5 Å². The molecule has 34 heavy (non-hydrogen) atoms. The quantitative estimate of drug-likeness (QED) is 0.531. The number of anilines is 1. The van der Waals surface area contributed by atoms with Gasteiger partial charge in [0.25, 0.3) is 5.91 Å². The van der Waals surface area contributed by atoms with E-state index in [1.807, 2.05) is 36.4 Å². The molecule has 3 N–H and O–H groups in total. The van der Waals surface area contributed by atoms with Crippen molar-refractivity contribution in [2.45, 2.75) is 31.2 Å². The van der Waals surface area contributed by atoms with Crippen molar-refractivity contribution in [1.29, 1.82) is 0 Å². The molecule has 0 radical (unpaired) electrons. The van der Waals surface area contributed by atoms with E-state index in [1.165, 1.54) is 17.9 Å². The number of nitrogens with one attached hydrogen (secondary N) is 2. The molecule has 1 atom stereocenters. The Morgan fingerprint density at radius 3 is 2.44 bits per heavy atom. The number of rotatable bonds is 5. The SMILES string of the molecule is C[C@]1(C(=O)O)CCCN1C(=O)c1cc(NC(=O)OCC2c3ccccc3-c3ccccc32)n[nH]1. The summed E-state index contributed by atoms with van der Waals surface area (Å²) in [5.74, 6) is -1.47. The summed E-state index contributed by atoms with van der Waals surface area (Å²) in [5, 5.41) is 18.6. The van der Waals surface area contributed by atoms with Gasteiger partial charge in [-0.3, -0.25) is 15.2 Å². The second-order valence-corrected chi connectivity index (χ2v) is 8.76. The van der Waals surface area contributed by atoms with E-state index < -0.39 is 23.5 Å². The zero-order valence-electron chi connectivity index (χ0n) is 18.6. The molecule has 5 rings (SSSR count). The fraction of sp³-hybridized carbons (Fsp3) is 0.280. The second-order valence-electron chi connectivity index (χ2n) is 8.76. The Hall–Kier alpha value is -4.14. The molecule has 0 unspecified atom stereocenters. The summed E-state index contributed by atoms with van der Waals surface area (Å²) in [6.07, 6.45) is 0.296. The lowest BCUT2D eigenvalue weighted by atomic mass is 9.98. The van der Waals surface area contributed by atoms with Crippen molar-refractivity contribution >= 4 is 23.8 Å². The first kappa shape index (κ1) is 21.7. The minimum absolute atomic E-state index is 0.0710. The first-order valence-corrected chi connectivity index (χ1v) is 11.1. The highest BCUT2D eigenvalue weighted by Gasteiger charge is 2.46. The van der Waals surface area contributed by atoms with Crippen LogP contribution in [-0.2, 0) is 9.53 Å². The third-order valence-corrected chi connectivity index (χ3v) is 6.73. The summed E-state index contributed by atoms with van der Waals surface area (Å²) in [7, 11) is 0. The van der Waals surface area contributed by atoms with Gasteiger partial charge in [0.1, 0.15) is 17.8 Å². The number of amides is 2. The Morgan fingerprint density at radius 2 is 1.79 bits per heavy atom. The molecule has 2 aliphatic rings. The van der Waals surface area contributed by atoms with E-state index in [9.17, 15) is 19.5 Å². The van der Waals surface area contributed by atoms with Crippen molar-refractivity contribution in [1.82, 2.24) is 15.1 Å². The van der Waals surface area contributed by atoms with Crippen LogP contribution in [0, 0.1) is 0 Å². The van der Waals surface area contributed by atoms with Crippen molar-refractivity contribution in [3.8, 4) is 11.1 Å². The summed E-state index contributed by atoms with van der Waals surface area (Å²) in [4.78, 5) is 38.3. The maximum absolute atomic E-state index is 12.8. The highest BCUT2D eigenvalue weighted by atomic mass is 16.5. The van der Waals surface area contributed by atoms with Gasteiger partial charge >= 0.3 is 12.1 Å². The molecule has 174 valence electrons. The van der Waals surface area contributed by atoms with Crippen LogP contribution in [0.3, 0.4) is 0 Å². The molecular formula is C25H24N4O5. The number of nitrogens with zero attached hydrogens (tertiary/aromatic N) is 2. The fourth-order valence-corrected chi connectivity index (χ4v) is 4.89. The van der Waals surface area contributed by atoms with E-state index in [0.29, 0.717) is 19.4 Å². The van der Waals surface area contributed by atoms with Crippen molar-refractivity contribution in [3.05, 3.63) is 71.4 Å². The van der Waals surface area contributed by atoms with Crippen LogP contribution in [0.1, 0.15) is 47.3 Å². The van der Waals surface area contributed by atoms with Crippen LogP contribution in [0.2, 0.25) is 0 Å². The predicted molar refractivity (Wildman–Crippen MR) is 124 cm³/mol. The van der Waals surface area contributed by atoms with Crippen molar-refractivity contribution in [3.63, 3.8) is 0 Å². The average Bonchev–Trinajstić information content (AvgIpc) is 3.54. The Labute approximate surface area is 195 Å². The molecule has 1 aliphatic carbocycles. The van der Waals surface area contributed by atoms with Crippen LogP contribution in [-0.4, -0.2) is 56.9 Å². The van der Waals surface area contributed by atoms with Crippen molar-refractivity contribution < 1.29 is 24.2 Å². The number of carboxylic acids is 1. The Balaban J connectivity index is 1.24. The second kappa shape index (κ2) is 8.33. The van der Waals surface area contributed by atoms with Crippen LogP contribution in [0.4, 0.5) is 10.6 Å². The van der Waals surface area contributed by atoms with Gasteiger partial charge in [-0.05, 0) is 42.0 Å². The van der Waals surface area contributed by atoms with Gasteiger partial charge in [0, 0.05) is 18.5 Å². The smallest absolute Gasteiger partial charge is 0.412 e. The lowest BCUT2D eigenvalue weighted by Crippen LogP contribution is -2.50. The Bertz CT molecular complexity index is 1240.